The quantitative estimate of drug-likeness (QED) is 0.733. The second-order valence-corrected chi connectivity index (χ2v) is 9.75. The predicted octanol–water partition coefficient (Wildman–Crippen LogP) is 2.44. The molecule has 1 N–H and O–H groups in total. The molecule has 176 valence electrons. The van der Waals surface area contributed by atoms with E-state index < -0.39 is 0 Å². The number of anilines is 1. The van der Waals surface area contributed by atoms with E-state index in [0.717, 1.165) is 57.5 Å². The number of carbonyl (C=O) groups excluding carboxylic acids is 2. The molecule has 7 heteroatoms. The van der Waals surface area contributed by atoms with Gasteiger partial charge in [-0.25, -0.2) is 0 Å². The molecule has 0 spiro atoms. The summed E-state index contributed by atoms with van der Waals surface area (Å²) in [5.74, 6) is 0.253. The van der Waals surface area contributed by atoms with Gasteiger partial charge >= 0.3 is 0 Å². The summed E-state index contributed by atoms with van der Waals surface area (Å²) in [6.07, 6.45) is 4.34. The molecule has 0 radical (unpaired) electrons. The lowest BCUT2D eigenvalue weighted by atomic mass is 9.95. The van der Waals surface area contributed by atoms with Gasteiger partial charge in [0.1, 0.15) is 0 Å². The highest BCUT2D eigenvalue weighted by Crippen LogP contribution is 2.23. The molecule has 1 aromatic rings. The summed E-state index contributed by atoms with van der Waals surface area (Å²) in [7, 11) is 0. The Morgan fingerprint density at radius 1 is 1.00 bits per heavy atom. The fourth-order valence-corrected chi connectivity index (χ4v) is 5.47. The lowest BCUT2D eigenvalue weighted by Gasteiger charge is -2.38. The number of ether oxygens (including phenoxy) is 1. The van der Waals surface area contributed by atoms with E-state index in [0.29, 0.717) is 25.7 Å². The van der Waals surface area contributed by atoms with Gasteiger partial charge < -0.3 is 15.0 Å². The van der Waals surface area contributed by atoms with Crippen molar-refractivity contribution in [3.05, 3.63) is 30.3 Å². The number of amides is 2. The molecular weight excluding hydrogens is 404 g/mol. The van der Waals surface area contributed by atoms with Gasteiger partial charge in [0.25, 0.3) is 0 Å². The maximum atomic E-state index is 13.0. The van der Waals surface area contributed by atoms with Gasteiger partial charge in [0.15, 0.2) is 0 Å². The van der Waals surface area contributed by atoms with Gasteiger partial charge in [0.05, 0.1) is 18.8 Å². The average Bonchev–Trinajstić information content (AvgIpc) is 3.20. The number of benzene rings is 1. The van der Waals surface area contributed by atoms with Crippen molar-refractivity contribution < 1.29 is 14.3 Å². The van der Waals surface area contributed by atoms with Crippen LogP contribution in [0.1, 0.15) is 39.5 Å². The molecule has 3 saturated heterocycles. The van der Waals surface area contributed by atoms with Crippen molar-refractivity contribution in [3.8, 4) is 0 Å². The van der Waals surface area contributed by atoms with Gasteiger partial charge in [-0.15, -0.1) is 0 Å². The number of carbonyl (C=O) groups is 2. The molecule has 0 bridgehead atoms. The van der Waals surface area contributed by atoms with E-state index >= 15 is 0 Å². The first kappa shape index (κ1) is 23.2. The molecule has 2 amide bonds. The second-order valence-electron chi connectivity index (χ2n) is 9.75. The first-order valence-corrected chi connectivity index (χ1v) is 12.2. The summed E-state index contributed by atoms with van der Waals surface area (Å²) in [6, 6.07) is 10.0. The van der Waals surface area contributed by atoms with E-state index in [1.807, 2.05) is 35.2 Å². The Kier molecular flexibility index (Phi) is 7.81. The number of likely N-dealkylation sites (tertiary alicyclic amines) is 2. The molecule has 3 fully saturated rings. The molecule has 32 heavy (non-hydrogen) atoms. The zero-order valence-corrected chi connectivity index (χ0v) is 19.5. The molecule has 3 atom stereocenters. The molecule has 3 heterocycles. The number of hydrogen-bond acceptors (Lipinski definition) is 5. The third-order valence-electron chi connectivity index (χ3n) is 7.06. The second kappa shape index (κ2) is 10.8. The molecule has 7 nitrogen and oxygen atoms in total. The standard InChI is InChI=1S/C25H38N4O3/c1-19-15-27(16-20(2)32-19)17-23-9-6-12-29(23)18-24(30)28-13-10-21(11-14-28)25(31)26-22-7-4-3-5-8-22/h3-5,7-8,19-21,23H,6,9-18H2,1-2H3,(H,26,31). The average molecular weight is 443 g/mol. The first-order valence-electron chi connectivity index (χ1n) is 12.2. The number of hydrogen-bond donors (Lipinski definition) is 1. The Morgan fingerprint density at radius 3 is 2.38 bits per heavy atom. The number of para-hydroxylation sites is 1. The monoisotopic (exact) mass is 442 g/mol. The molecule has 1 aromatic carbocycles. The van der Waals surface area contributed by atoms with Gasteiger partial charge in [-0.3, -0.25) is 19.4 Å². The highest BCUT2D eigenvalue weighted by atomic mass is 16.5. The lowest BCUT2D eigenvalue weighted by molar-refractivity contribution is -0.136. The van der Waals surface area contributed by atoms with Crippen molar-refractivity contribution in [2.45, 2.75) is 57.8 Å². The van der Waals surface area contributed by atoms with E-state index in [4.69, 9.17) is 4.74 Å². The zero-order valence-electron chi connectivity index (χ0n) is 19.5. The number of morpholine rings is 1. The summed E-state index contributed by atoms with van der Waals surface area (Å²) in [5.41, 5.74) is 0.833. The molecule has 0 aliphatic carbocycles. The molecule has 3 unspecified atom stereocenters. The fraction of sp³-hybridized carbons (Fsp3) is 0.680. The van der Waals surface area contributed by atoms with Gasteiger partial charge in [0, 0.05) is 50.4 Å². The van der Waals surface area contributed by atoms with Crippen molar-refractivity contribution in [2.75, 3.05) is 51.1 Å². The minimum absolute atomic E-state index is 0.0240. The first-order chi connectivity index (χ1) is 15.5. The van der Waals surface area contributed by atoms with Crippen LogP contribution in [0.25, 0.3) is 0 Å². The Labute approximate surface area is 192 Å². The van der Waals surface area contributed by atoms with Crippen LogP contribution >= 0.6 is 0 Å². The van der Waals surface area contributed by atoms with E-state index in [9.17, 15) is 9.59 Å². The van der Waals surface area contributed by atoms with E-state index in [1.54, 1.807) is 0 Å². The molecule has 0 saturated carbocycles. The SMILES string of the molecule is CC1CN(CC2CCCN2CC(=O)N2CCC(C(=O)Nc3ccccc3)CC2)CC(C)O1. The van der Waals surface area contributed by atoms with Crippen LogP contribution in [0.3, 0.4) is 0 Å². The summed E-state index contributed by atoms with van der Waals surface area (Å²) in [5, 5.41) is 3.00. The van der Waals surface area contributed by atoms with Crippen LogP contribution in [0.2, 0.25) is 0 Å². The summed E-state index contributed by atoms with van der Waals surface area (Å²) in [6.45, 7) is 10.1. The van der Waals surface area contributed by atoms with Gasteiger partial charge in [-0.05, 0) is 58.2 Å². The summed E-state index contributed by atoms with van der Waals surface area (Å²) in [4.78, 5) is 32.4. The highest BCUT2D eigenvalue weighted by molar-refractivity contribution is 5.92. The van der Waals surface area contributed by atoms with Crippen LogP contribution in [0, 0.1) is 5.92 Å². The molecule has 4 rings (SSSR count). The number of rotatable bonds is 6. The Morgan fingerprint density at radius 2 is 1.69 bits per heavy atom. The van der Waals surface area contributed by atoms with E-state index in [1.165, 1.54) is 0 Å². The number of nitrogens with one attached hydrogen (secondary N) is 1. The van der Waals surface area contributed by atoms with Crippen LogP contribution in [0.4, 0.5) is 5.69 Å². The molecular formula is C25H38N4O3. The van der Waals surface area contributed by atoms with Crippen molar-refractivity contribution in [2.24, 2.45) is 5.92 Å². The largest absolute Gasteiger partial charge is 0.373 e. The topological polar surface area (TPSA) is 65.1 Å². The van der Waals surface area contributed by atoms with Crippen molar-refractivity contribution in [1.29, 1.82) is 0 Å². The van der Waals surface area contributed by atoms with Crippen LogP contribution in [0.5, 0.6) is 0 Å². The van der Waals surface area contributed by atoms with E-state index in [-0.39, 0.29) is 29.9 Å². The van der Waals surface area contributed by atoms with Crippen LogP contribution in [0.15, 0.2) is 30.3 Å². The number of piperidine rings is 1. The lowest BCUT2D eigenvalue weighted by Crippen LogP contribution is -2.52. The zero-order chi connectivity index (χ0) is 22.5. The van der Waals surface area contributed by atoms with Crippen molar-refractivity contribution in [3.63, 3.8) is 0 Å². The van der Waals surface area contributed by atoms with Gasteiger partial charge in [0.2, 0.25) is 11.8 Å². The smallest absolute Gasteiger partial charge is 0.236 e. The maximum absolute atomic E-state index is 13.0. The maximum Gasteiger partial charge on any atom is 0.236 e. The molecule has 0 aromatic heterocycles. The predicted molar refractivity (Wildman–Crippen MR) is 125 cm³/mol. The minimum Gasteiger partial charge on any atom is -0.373 e. The highest BCUT2D eigenvalue weighted by Gasteiger charge is 2.33. The Balaban J connectivity index is 1.22. The summed E-state index contributed by atoms with van der Waals surface area (Å²) < 4.78 is 5.87. The molecule has 3 aliphatic rings. The van der Waals surface area contributed by atoms with Crippen molar-refractivity contribution >= 4 is 17.5 Å². The summed E-state index contributed by atoms with van der Waals surface area (Å²) >= 11 is 0. The van der Waals surface area contributed by atoms with Crippen LogP contribution < -0.4 is 5.32 Å². The van der Waals surface area contributed by atoms with Crippen LogP contribution in [-0.2, 0) is 14.3 Å². The van der Waals surface area contributed by atoms with Gasteiger partial charge in [-0.2, -0.15) is 0 Å². The number of nitrogens with zero attached hydrogens (tertiary/aromatic N) is 3. The fourth-order valence-electron chi connectivity index (χ4n) is 5.47. The van der Waals surface area contributed by atoms with Crippen LogP contribution in [-0.4, -0.2) is 90.6 Å². The van der Waals surface area contributed by atoms with Crippen molar-refractivity contribution in [1.82, 2.24) is 14.7 Å². The minimum atomic E-state index is -0.0240. The Bertz CT molecular complexity index is 756. The normalized spacial score (nSPS) is 28.1. The molecule has 3 aliphatic heterocycles. The van der Waals surface area contributed by atoms with Gasteiger partial charge in [-0.1, -0.05) is 18.2 Å². The Hall–Kier alpha value is -1.96. The van der Waals surface area contributed by atoms with E-state index in [2.05, 4.69) is 29.0 Å². The third-order valence-corrected chi connectivity index (χ3v) is 7.06. The third kappa shape index (κ3) is 6.09.